The zero-order chi connectivity index (χ0) is 18.8. The zero-order valence-electron chi connectivity index (χ0n) is 16.2. The number of nitrogens with zero attached hydrogens (tertiary/aromatic N) is 1. The van der Waals surface area contributed by atoms with Gasteiger partial charge < -0.3 is 19.9 Å². The van der Waals surface area contributed by atoms with Gasteiger partial charge >= 0.3 is 0 Å². The third-order valence-electron chi connectivity index (χ3n) is 7.60. The number of nitrogens with one attached hydrogen (secondary N) is 1. The Morgan fingerprint density at radius 2 is 2.26 bits per heavy atom. The number of aromatic amines is 1. The van der Waals surface area contributed by atoms with E-state index in [9.17, 15) is 10.2 Å². The molecule has 27 heavy (non-hydrogen) atoms. The molecular formula is C22H30N2O3. The molecule has 0 amide bonds. The molecule has 4 aliphatic rings. The Labute approximate surface area is 160 Å². The minimum atomic E-state index is -0.430. The van der Waals surface area contributed by atoms with Gasteiger partial charge in [-0.1, -0.05) is 0 Å². The molecule has 146 valence electrons. The lowest BCUT2D eigenvalue weighted by Gasteiger charge is -2.60. The quantitative estimate of drug-likeness (QED) is 0.773. The van der Waals surface area contributed by atoms with E-state index in [1.165, 1.54) is 23.1 Å². The average molecular weight is 370 g/mol. The number of methoxy groups -OCH3 is 1. The fourth-order valence-corrected chi connectivity index (χ4v) is 6.68. The van der Waals surface area contributed by atoms with E-state index in [0.29, 0.717) is 17.9 Å². The summed E-state index contributed by atoms with van der Waals surface area (Å²) in [6.07, 6.45) is 3.60. The number of aliphatic hydroxyl groups excluding tert-OH is 2. The Morgan fingerprint density at radius 1 is 1.41 bits per heavy atom. The minimum absolute atomic E-state index is 0.231. The molecule has 2 aromatic rings. The maximum Gasteiger partial charge on any atom is 0.119 e. The molecule has 6 unspecified atom stereocenters. The van der Waals surface area contributed by atoms with E-state index in [4.69, 9.17) is 4.74 Å². The van der Waals surface area contributed by atoms with Crippen LogP contribution in [0.5, 0.6) is 5.75 Å². The summed E-state index contributed by atoms with van der Waals surface area (Å²) in [5, 5.41) is 22.0. The van der Waals surface area contributed by atoms with Crippen molar-refractivity contribution >= 4 is 10.9 Å². The Bertz CT molecular complexity index is 861. The largest absolute Gasteiger partial charge is 0.497 e. The highest BCUT2D eigenvalue weighted by atomic mass is 16.5. The second-order valence-electron chi connectivity index (χ2n) is 8.87. The summed E-state index contributed by atoms with van der Waals surface area (Å²) in [5.41, 5.74) is 3.44. The Hall–Kier alpha value is -1.56. The molecule has 3 fully saturated rings. The molecule has 1 aromatic carbocycles. The van der Waals surface area contributed by atoms with E-state index in [0.717, 1.165) is 43.6 Å². The summed E-state index contributed by atoms with van der Waals surface area (Å²) in [5.74, 6) is 1.92. The van der Waals surface area contributed by atoms with E-state index < -0.39 is 6.10 Å². The number of ether oxygens (including phenoxy) is 1. The number of H-pyrrole nitrogens is 1. The minimum Gasteiger partial charge on any atom is -0.497 e. The number of hydrogen-bond donors (Lipinski definition) is 3. The first-order chi connectivity index (χ1) is 13.1. The van der Waals surface area contributed by atoms with Crippen LogP contribution in [0.15, 0.2) is 18.2 Å². The summed E-state index contributed by atoms with van der Waals surface area (Å²) in [6.45, 7) is 4.35. The van der Waals surface area contributed by atoms with E-state index in [-0.39, 0.29) is 12.0 Å². The number of aliphatic hydroxyl groups is 2. The number of aromatic nitrogens is 1. The first kappa shape index (κ1) is 17.5. The van der Waals surface area contributed by atoms with E-state index in [2.05, 4.69) is 22.0 Å². The topological polar surface area (TPSA) is 68.7 Å². The molecule has 2 saturated heterocycles. The second-order valence-corrected chi connectivity index (χ2v) is 8.87. The lowest BCUT2D eigenvalue weighted by Crippen LogP contribution is -2.67. The van der Waals surface area contributed by atoms with Gasteiger partial charge in [-0.25, -0.2) is 0 Å². The van der Waals surface area contributed by atoms with Crippen LogP contribution in [-0.4, -0.2) is 59.0 Å². The van der Waals surface area contributed by atoms with E-state index >= 15 is 0 Å². The van der Waals surface area contributed by atoms with Crippen molar-refractivity contribution in [3.63, 3.8) is 0 Å². The van der Waals surface area contributed by atoms with Gasteiger partial charge in [0, 0.05) is 42.3 Å². The van der Waals surface area contributed by atoms with Gasteiger partial charge in [0.25, 0.3) is 0 Å². The van der Waals surface area contributed by atoms with Crippen molar-refractivity contribution in [2.24, 2.45) is 11.8 Å². The molecule has 1 aliphatic carbocycles. The number of piperidine rings is 2. The SMILES string of the molecule is COc1ccc2[nH]c3c(c2c1)CCN1CC2CC(CCO)C1C3(C(C)O)C2. The van der Waals surface area contributed by atoms with Crippen LogP contribution in [0.3, 0.4) is 0 Å². The Balaban J connectivity index is 1.74. The monoisotopic (exact) mass is 370 g/mol. The standard InChI is InChI=1S/C22H30N2O3/c1-13(26)22-11-14-9-15(6-8-25)21(22)24(12-14)7-5-17-18-10-16(27-2)3-4-19(18)23-20(17)22/h3-4,10,13-15,21,23,25-26H,5-9,11-12H2,1-2H3. The van der Waals surface area contributed by atoms with Gasteiger partial charge in [0.05, 0.1) is 18.6 Å². The van der Waals surface area contributed by atoms with Gasteiger partial charge in [-0.15, -0.1) is 0 Å². The number of fused-ring (bicyclic) bond motifs is 4. The maximum absolute atomic E-state index is 11.2. The number of hydrogen-bond acceptors (Lipinski definition) is 4. The first-order valence-corrected chi connectivity index (χ1v) is 10.3. The normalized spacial score (nSPS) is 35.7. The van der Waals surface area contributed by atoms with Crippen LogP contribution in [0, 0.1) is 11.8 Å². The lowest BCUT2D eigenvalue weighted by atomic mass is 9.54. The second kappa shape index (κ2) is 6.23. The van der Waals surface area contributed by atoms with Crippen LogP contribution in [0.25, 0.3) is 10.9 Å². The van der Waals surface area contributed by atoms with Crippen molar-refractivity contribution in [2.75, 3.05) is 26.8 Å². The molecule has 3 N–H and O–H groups in total. The molecular weight excluding hydrogens is 340 g/mol. The molecule has 1 saturated carbocycles. The molecule has 3 aliphatic heterocycles. The van der Waals surface area contributed by atoms with Crippen LogP contribution in [-0.2, 0) is 11.8 Å². The molecule has 0 radical (unpaired) electrons. The summed E-state index contributed by atoms with van der Waals surface area (Å²) in [4.78, 5) is 6.34. The summed E-state index contributed by atoms with van der Waals surface area (Å²) in [6, 6.07) is 6.53. The molecule has 4 bridgehead atoms. The first-order valence-electron chi connectivity index (χ1n) is 10.3. The van der Waals surface area contributed by atoms with Crippen molar-refractivity contribution in [1.29, 1.82) is 0 Å². The Morgan fingerprint density at radius 3 is 3.00 bits per heavy atom. The van der Waals surface area contributed by atoms with Crippen LogP contribution in [0.4, 0.5) is 0 Å². The highest BCUT2D eigenvalue weighted by molar-refractivity contribution is 5.87. The van der Waals surface area contributed by atoms with Crippen LogP contribution in [0.1, 0.15) is 37.4 Å². The van der Waals surface area contributed by atoms with Crippen molar-refractivity contribution in [3.05, 3.63) is 29.5 Å². The van der Waals surface area contributed by atoms with Gasteiger partial charge in [-0.3, -0.25) is 4.90 Å². The maximum atomic E-state index is 11.2. The highest BCUT2D eigenvalue weighted by Crippen LogP contribution is 2.56. The molecule has 5 nitrogen and oxygen atoms in total. The summed E-state index contributed by atoms with van der Waals surface area (Å²) >= 11 is 0. The molecule has 5 heteroatoms. The van der Waals surface area contributed by atoms with Crippen molar-refractivity contribution in [1.82, 2.24) is 9.88 Å². The fourth-order valence-electron chi connectivity index (χ4n) is 6.68. The highest BCUT2D eigenvalue weighted by Gasteiger charge is 2.60. The zero-order valence-corrected chi connectivity index (χ0v) is 16.2. The predicted molar refractivity (Wildman–Crippen MR) is 105 cm³/mol. The van der Waals surface area contributed by atoms with E-state index in [1.54, 1.807) is 7.11 Å². The fraction of sp³-hybridized carbons (Fsp3) is 0.636. The number of benzene rings is 1. The lowest BCUT2D eigenvalue weighted by molar-refractivity contribution is -0.105. The van der Waals surface area contributed by atoms with Crippen molar-refractivity contribution < 1.29 is 14.9 Å². The van der Waals surface area contributed by atoms with Crippen molar-refractivity contribution in [2.45, 2.75) is 50.2 Å². The van der Waals surface area contributed by atoms with Gasteiger partial charge in [-0.2, -0.15) is 0 Å². The summed E-state index contributed by atoms with van der Waals surface area (Å²) in [7, 11) is 1.71. The van der Waals surface area contributed by atoms with E-state index in [1.807, 2.05) is 13.0 Å². The molecule has 0 spiro atoms. The van der Waals surface area contributed by atoms with Crippen LogP contribution < -0.4 is 4.74 Å². The molecule has 6 atom stereocenters. The van der Waals surface area contributed by atoms with Gasteiger partial charge in [0.1, 0.15) is 5.75 Å². The third-order valence-corrected chi connectivity index (χ3v) is 7.60. The summed E-state index contributed by atoms with van der Waals surface area (Å²) < 4.78 is 5.47. The third kappa shape index (κ3) is 2.35. The number of rotatable bonds is 4. The average Bonchev–Trinajstić information content (AvgIpc) is 2.99. The smallest absolute Gasteiger partial charge is 0.119 e. The van der Waals surface area contributed by atoms with Gasteiger partial charge in [0.15, 0.2) is 0 Å². The molecule has 1 aromatic heterocycles. The Kier molecular flexibility index (Phi) is 4.04. The van der Waals surface area contributed by atoms with Crippen LogP contribution >= 0.6 is 0 Å². The van der Waals surface area contributed by atoms with Crippen LogP contribution in [0.2, 0.25) is 0 Å². The van der Waals surface area contributed by atoms with Gasteiger partial charge in [0.2, 0.25) is 0 Å². The van der Waals surface area contributed by atoms with Gasteiger partial charge in [-0.05, 0) is 68.2 Å². The van der Waals surface area contributed by atoms with Crippen molar-refractivity contribution in [3.8, 4) is 5.75 Å². The predicted octanol–water partition coefficient (Wildman–Crippen LogP) is 2.44. The molecule has 6 rings (SSSR count). The molecule has 4 heterocycles.